The van der Waals surface area contributed by atoms with Gasteiger partial charge in [0, 0.05) is 33.2 Å². The second kappa shape index (κ2) is 10.7. The molecule has 5 heteroatoms. The third-order valence-electron chi connectivity index (χ3n) is 5.92. The number of aliphatic imine (C=N–C) groups is 1. The molecule has 3 rings (SSSR count). The molecule has 5 nitrogen and oxygen atoms in total. The van der Waals surface area contributed by atoms with Crippen LogP contribution in [0.2, 0.25) is 0 Å². The lowest BCUT2D eigenvalue weighted by Gasteiger charge is -2.32. The van der Waals surface area contributed by atoms with E-state index in [9.17, 15) is 0 Å². The van der Waals surface area contributed by atoms with Crippen LogP contribution in [0.15, 0.2) is 29.3 Å². The molecule has 1 aromatic rings. The molecule has 2 saturated heterocycles. The molecule has 0 radical (unpaired) electrons. The molecule has 0 amide bonds. The van der Waals surface area contributed by atoms with E-state index in [0.29, 0.717) is 0 Å². The number of likely N-dealkylation sites (tertiary alicyclic amines) is 2. The SMILES string of the molecule is CCN1CCCC(CNC(=NC)NCc2ccc(CN3CCCC3)cc2)C1. The minimum Gasteiger partial charge on any atom is -0.356 e. The summed E-state index contributed by atoms with van der Waals surface area (Å²) in [4.78, 5) is 9.48. The second-order valence-electron chi connectivity index (χ2n) is 8.01. The number of hydrogen-bond acceptors (Lipinski definition) is 3. The molecule has 2 aliphatic heterocycles. The Morgan fingerprint density at radius 3 is 2.41 bits per heavy atom. The first-order valence-electron chi connectivity index (χ1n) is 10.7. The summed E-state index contributed by atoms with van der Waals surface area (Å²) >= 11 is 0. The highest BCUT2D eigenvalue weighted by molar-refractivity contribution is 5.79. The van der Waals surface area contributed by atoms with Gasteiger partial charge in [-0.3, -0.25) is 9.89 Å². The Balaban J connectivity index is 1.39. The summed E-state index contributed by atoms with van der Waals surface area (Å²) in [5, 5.41) is 6.98. The van der Waals surface area contributed by atoms with Crippen LogP contribution in [0.3, 0.4) is 0 Å². The Labute approximate surface area is 165 Å². The predicted molar refractivity (Wildman–Crippen MR) is 114 cm³/mol. The molecule has 2 fully saturated rings. The van der Waals surface area contributed by atoms with Gasteiger partial charge in [-0.25, -0.2) is 0 Å². The maximum absolute atomic E-state index is 4.39. The van der Waals surface area contributed by atoms with E-state index in [0.717, 1.165) is 38.1 Å². The normalized spacial score (nSPS) is 22.1. The highest BCUT2D eigenvalue weighted by Crippen LogP contribution is 2.15. The van der Waals surface area contributed by atoms with E-state index >= 15 is 0 Å². The van der Waals surface area contributed by atoms with Gasteiger partial charge < -0.3 is 15.5 Å². The van der Waals surface area contributed by atoms with Crippen LogP contribution >= 0.6 is 0 Å². The van der Waals surface area contributed by atoms with Crippen LogP contribution in [-0.2, 0) is 13.1 Å². The number of rotatable bonds is 7. The zero-order chi connectivity index (χ0) is 18.9. The van der Waals surface area contributed by atoms with Gasteiger partial charge in [0.15, 0.2) is 5.96 Å². The molecular weight excluding hydrogens is 334 g/mol. The molecule has 0 bridgehead atoms. The minimum absolute atomic E-state index is 0.724. The first-order chi connectivity index (χ1) is 13.3. The second-order valence-corrected chi connectivity index (χ2v) is 8.01. The van der Waals surface area contributed by atoms with E-state index in [1.54, 1.807) is 0 Å². The van der Waals surface area contributed by atoms with Gasteiger partial charge in [-0.1, -0.05) is 31.2 Å². The minimum atomic E-state index is 0.724. The molecular formula is C22H37N5. The summed E-state index contributed by atoms with van der Waals surface area (Å²) < 4.78 is 0. The molecule has 2 N–H and O–H groups in total. The summed E-state index contributed by atoms with van der Waals surface area (Å²) in [7, 11) is 1.85. The molecule has 2 heterocycles. The van der Waals surface area contributed by atoms with E-state index in [4.69, 9.17) is 0 Å². The van der Waals surface area contributed by atoms with Crippen molar-refractivity contribution >= 4 is 5.96 Å². The van der Waals surface area contributed by atoms with Crippen molar-refractivity contribution in [3.05, 3.63) is 35.4 Å². The fraction of sp³-hybridized carbons (Fsp3) is 0.682. The molecule has 2 aliphatic rings. The van der Waals surface area contributed by atoms with Crippen molar-refractivity contribution in [3.8, 4) is 0 Å². The quantitative estimate of drug-likeness (QED) is 0.571. The van der Waals surface area contributed by atoms with Crippen LogP contribution in [0.5, 0.6) is 0 Å². The number of benzene rings is 1. The molecule has 150 valence electrons. The van der Waals surface area contributed by atoms with E-state index in [2.05, 4.69) is 56.6 Å². The molecule has 1 aromatic carbocycles. The molecule has 27 heavy (non-hydrogen) atoms. The molecule has 0 spiro atoms. The first kappa shape index (κ1) is 20.2. The van der Waals surface area contributed by atoms with Crippen LogP contribution < -0.4 is 10.6 Å². The van der Waals surface area contributed by atoms with Gasteiger partial charge in [-0.15, -0.1) is 0 Å². The van der Waals surface area contributed by atoms with E-state index < -0.39 is 0 Å². The zero-order valence-corrected chi connectivity index (χ0v) is 17.2. The number of nitrogens with zero attached hydrogens (tertiary/aromatic N) is 3. The average molecular weight is 372 g/mol. The van der Waals surface area contributed by atoms with Crippen LogP contribution in [-0.4, -0.2) is 62.1 Å². The monoisotopic (exact) mass is 371 g/mol. The zero-order valence-electron chi connectivity index (χ0n) is 17.2. The molecule has 0 aliphatic carbocycles. The van der Waals surface area contributed by atoms with Gasteiger partial charge in [-0.2, -0.15) is 0 Å². The van der Waals surface area contributed by atoms with Crippen molar-refractivity contribution in [2.24, 2.45) is 10.9 Å². The molecule has 1 unspecified atom stereocenters. The molecule has 0 saturated carbocycles. The maximum atomic E-state index is 4.39. The third kappa shape index (κ3) is 6.51. The highest BCUT2D eigenvalue weighted by atomic mass is 15.2. The van der Waals surface area contributed by atoms with Crippen LogP contribution in [0.4, 0.5) is 0 Å². The van der Waals surface area contributed by atoms with Gasteiger partial charge in [0.25, 0.3) is 0 Å². The van der Waals surface area contributed by atoms with E-state index in [-0.39, 0.29) is 0 Å². The number of piperidine rings is 1. The number of guanidine groups is 1. The Kier molecular flexibility index (Phi) is 7.96. The van der Waals surface area contributed by atoms with Gasteiger partial charge in [-0.05, 0) is 68.9 Å². The highest BCUT2D eigenvalue weighted by Gasteiger charge is 2.18. The molecule has 0 aromatic heterocycles. The van der Waals surface area contributed by atoms with Crippen molar-refractivity contribution < 1.29 is 0 Å². The van der Waals surface area contributed by atoms with E-state index in [1.807, 2.05) is 7.05 Å². The fourth-order valence-corrected chi connectivity index (χ4v) is 4.21. The predicted octanol–water partition coefficient (Wildman–Crippen LogP) is 2.68. The topological polar surface area (TPSA) is 42.9 Å². The van der Waals surface area contributed by atoms with Crippen LogP contribution in [0.1, 0.15) is 43.7 Å². The van der Waals surface area contributed by atoms with Crippen molar-refractivity contribution in [1.82, 2.24) is 20.4 Å². The summed E-state index contributed by atoms with van der Waals surface area (Å²) in [5.41, 5.74) is 2.72. The summed E-state index contributed by atoms with van der Waals surface area (Å²) in [6, 6.07) is 9.03. The fourth-order valence-electron chi connectivity index (χ4n) is 4.21. The van der Waals surface area contributed by atoms with Crippen molar-refractivity contribution in [3.63, 3.8) is 0 Å². The largest absolute Gasteiger partial charge is 0.356 e. The lowest BCUT2D eigenvalue weighted by atomic mass is 9.98. The van der Waals surface area contributed by atoms with E-state index in [1.165, 1.54) is 63.0 Å². The lowest BCUT2D eigenvalue weighted by molar-refractivity contribution is 0.183. The van der Waals surface area contributed by atoms with Crippen molar-refractivity contribution in [1.29, 1.82) is 0 Å². The average Bonchev–Trinajstić information content (AvgIpc) is 3.22. The summed E-state index contributed by atoms with van der Waals surface area (Å²) in [6.07, 6.45) is 5.34. The number of hydrogen-bond donors (Lipinski definition) is 2. The van der Waals surface area contributed by atoms with Gasteiger partial charge in [0.05, 0.1) is 0 Å². The van der Waals surface area contributed by atoms with Crippen molar-refractivity contribution in [2.75, 3.05) is 46.3 Å². The van der Waals surface area contributed by atoms with Crippen LogP contribution in [0.25, 0.3) is 0 Å². The Morgan fingerprint density at radius 2 is 1.70 bits per heavy atom. The third-order valence-corrected chi connectivity index (χ3v) is 5.92. The summed E-state index contributed by atoms with van der Waals surface area (Å²) in [6.45, 7) is 11.3. The number of nitrogens with one attached hydrogen (secondary N) is 2. The molecule has 1 atom stereocenters. The first-order valence-corrected chi connectivity index (χ1v) is 10.7. The van der Waals surface area contributed by atoms with Crippen LogP contribution in [0, 0.1) is 5.92 Å². The van der Waals surface area contributed by atoms with Crippen molar-refractivity contribution in [2.45, 2.75) is 45.7 Å². The maximum Gasteiger partial charge on any atom is 0.191 e. The van der Waals surface area contributed by atoms with Gasteiger partial charge >= 0.3 is 0 Å². The Bertz CT molecular complexity index is 577. The van der Waals surface area contributed by atoms with Gasteiger partial charge in [0.1, 0.15) is 0 Å². The summed E-state index contributed by atoms with van der Waals surface area (Å²) in [5.74, 6) is 1.63. The van der Waals surface area contributed by atoms with Gasteiger partial charge in [0.2, 0.25) is 0 Å². The lowest BCUT2D eigenvalue weighted by Crippen LogP contribution is -2.44. The Hall–Kier alpha value is -1.59. The Morgan fingerprint density at radius 1 is 1.00 bits per heavy atom. The smallest absolute Gasteiger partial charge is 0.191 e. The standard InChI is InChI=1S/C22H37N5/c1-3-26-14-6-7-21(18-26)16-25-22(23-2)24-15-19-8-10-20(11-9-19)17-27-12-4-5-13-27/h8-11,21H,3-7,12-18H2,1-2H3,(H2,23,24,25).